The highest BCUT2D eigenvalue weighted by atomic mass is 19.4. The Kier molecular flexibility index (Phi) is 4.21. The number of hydrogen-bond acceptors (Lipinski definition) is 3. The fourth-order valence-electron chi connectivity index (χ4n) is 2.67. The summed E-state index contributed by atoms with van der Waals surface area (Å²) in [6.45, 7) is 0.494. The van der Waals surface area contributed by atoms with Crippen LogP contribution in [-0.2, 0) is 24.4 Å². The van der Waals surface area contributed by atoms with E-state index in [4.69, 9.17) is 4.74 Å². The topological polar surface area (TPSA) is 47.4 Å². The van der Waals surface area contributed by atoms with Crippen molar-refractivity contribution >= 4 is 11.6 Å². The molecule has 2 heterocycles. The number of aromatic nitrogens is 2. The fourth-order valence-corrected chi connectivity index (χ4v) is 2.67. The molecule has 128 valence electrons. The number of alkyl halides is 3. The summed E-state index contributed by atoms with van der Waals surface area (Å²) < 4.78 is 45.8. The van der Waals surface area contributed by atoms with Crippen molar-refractivity contribution in [2.45, 2.75) is 19.0 Å². The molecule has 0 saturated heterocycles. The average molecular weight is 339 g/mol. The van der Waals surface area contributed by atoms with E-state index in [0.29, 0.717) is 12.2 Å². The van der Waals surface area contributed by atoms with Crippen molar-refractivity contribution in [2.24, 2.45) is 7.05 Å². The van der Waals surface area contributed by atoms with Crippen LogP contribution in [0.1, 0.15) is 17.7 Å². The van der Waals surface area contributed by atoms with Crippen LogP contribution < -0.4 is 9.64 Å². The van der Waals surface area contributed by atoms with Crippen molar-refractivity contribution < 1.29 is 22.7 Å². The highest BCUT2D eigenvalue weighted by Crippen LogP contribution is 2.38. The summed E-state index contributed by atoms with van der Waals surface area (Å²) in [7, 11) is 1.78. The Morgan fingerprint density at radius 3 is 2.79 bits per heavy atom. The molecule has 5 nitrogen and oxygen atoms in total. The van der Waals surface area contributed by atoms with Gasteiger partial charge in [0.15, 0.2) is 0 Å². The van der Waals surface area contributed by atoms with Gasteiger partial charge < -0.3 is 9.64 Å². The predicted molar refractivity (Wildman–Crippen MR) is 80.8 cm³/mol. The summed E-state index contributed by atoms with van der Waals surface area (Å²) in [6, 6.07) is 5.00. The first kappa shape index (κ1) is 16.4. The highest BCUT2D eigenvalue weighted by molar-refractivity contribution is 5.95. The monoisotopic (exact) mass is 339 g/mol. The number of anilines is 1. The normalized spacial score (nSPS) is 14.2. The average Bonchev–Trinajstić information content (AvgIpc) is 2.95. The molecule has 0 atom stereocenters. The van der Waals surface area contributed by atoms with E-state index < -0.39 is 11.7 Å². The molecule has 1 aliphatic heterocycles. The Labute approximate surface area is 136 Å². The van der Waals surface area contributed by atoms with Crippen molar-refractivity contribution in [2.75, 3.05) is 18.1 Å². The van der Waals surface area contributed by atoms with Gasteiger partial charge in [0.05, 0.1) is 17.8 Å². The lowest BCUT2D eigenvalue weighted by Crippen LogP contribution is -2.38. The second kappa shape index (κ2) is 6.18. The zero-order chi connectivity index (χ0) is 17.3. The van der Waals surface area contributed by atoms with Gasteiger partial charge >= 0.3 is 6.18 Å². The summed E-state index contributed by atoms with van der Waals surface area (Å²) >= 11 is 0. The number of fused-ring (bicyclic) bond motifs is 1. The molecule has 0 unspecified atom stereocenters. The Balaban J connectivity index is 1.80. The van der Waals surface area contributed by atoms with Crippen LogP contribution in [-0.4, -0.2) is 28.8 Å². The standard InChI is InChI=1S/C16H16F3N3O2/c1-21-12(6-7-20-21)3-5-15(23)22-8-9-24-14-4-2-11(10-13(14)22)16(17,18)19/h2,4,6-7,10H,3,5,8-9H2,1H3. The quantitative estimate of drug-likeness (QED) is 0.864. The van der Waals surface area contributed by atoms with Crippen LogP contribution >= 0.6 is 0 Å². The van der Waals surface area contributed by atoms with Gasteiger partial charge in [-0.15, -0.1) is 0 Å². The van der Waals surface area contributed by atoms with E-state index in [1.165, 1.54) is 11.0 Å². The molecule has 24 heavy (non-hydrogen) atoms. The molecule has 1 amide bonds. The Morgan fingerprint density at radius 2 is 2.12 bits per heavy atom. The van der Waals surface area contributed by atoms with Gasteiger partial charge in [0.2, 0.25) is 5.91 Å². The van der Waals surface area contributed by atoms with Gasteiger partial charge in [-0.05, 0) is 30.7 Å². The van der Waals surface area contributed by atoms with Gasteiger partial charge in [-0.1, -0.05) is 0 Å². The molecule has 1 aliphatic rings. The second-order valence-corrected chi connectivity index (χ2v) is 5.52. The van der Waals surface area contributed by atoms with Crippen molar-refractivity contribution in [1.82, 2.24) is 9.78 Å². The molecule has 1 aromatic heterocycles. The van der Waals surface area contributed by atoms with Gasteiger partial charge in [-0.3, -0.25) is 9.48 Å². The largest absolute Gasteiger partial charge is 0.490 e. The molecule has 0 N–H and O–H groups in total. The van der Waals surface area contributed by atoms with E-state index in [1.54, 1.807) is 17.9 Å². The van der Waals surface area contributed by atoms with E-state index in [1.807, 2.05) is 6.07 Å². The summed E-state index contributed by atoms with van der Waals surface area (Å²) in [6.07, 6.45) is -2.16. The number of nitrogens with zero attached hydrogens (tertiary/aromatic N) is 3. The minimum atomic E-state index is -4.46. The molecule has 0 saturated carbocycles. The number of ether oxygens (including phenoxy) is 1. The minimum absolute atomic E-state index is 0.172. The molecular formula is C16H16F3N3O2. The molecule has 0 fully saturated rings. The van der Waals surface area contributed by atoms with Crippen LogP contribution in [0.25, 0.3) is 0 Å². The lowest BCUT2D eigenvalue weighted by molar-refractivity contribution is -0.137. The van der Waals surface area contributed by atoms with Crippen molar-refractivity contribution in [1.29, 1.82) is 0 Å². The maximum absolute atomic E-state index is 12.9. The third-order valence-corrected chi connectivity index (χ3v) is 3.97. The molecule has 2 aromatic rings. The first-order valence-electron chi connectivity index (χ1n) is 7.47. The van der Waals surface area contributed by atoms with Crippen LogP contribution in [0.5, 0.6) is 5.75 Å². The number of aryl methyl sites for hydroxylation is 2. The van der Waals surface area contributed by atoms with Gasteiger partial charge in [0.1, 0.15) is 12.4 Å². The molecule has 0 bridgehead atoms. The van der Waals surface area contributed by atoms with Gasteiger partial charge in [-0.25, -0.2) is 0 Å². The fraction of sp³-hybridized carbons (Fsp3) is 0.375. The zero-order valence-corrected chi connectivity index (χ0v) is 13.0. The van der Waals surface area contributed by atoms with E-state index in [0.717, 1.165) is 17.8 Å². The van der Waals surface area contributed by atoms with Crippen molar-refractivity contribution in [3.05, 3.63) is 41.7 Å². The van der Waals surface area contributed by atoms with E-state index in [9.17, 15) is 18.0 Å². The third-order valence-electron chi connectivity index (χ3n) is 3.97. The second-order valence-electron chi connectivity index (χ2n) is 5.52. The third kappa shape index (κ3) is 3.22. The maximum Gasteiger partial charge on any atom is 0.416 e. The lowest BCUT2D eigenvalue weighted by Gasteiger charge is -2.30. The van der Waals surface area contributed by atoms with E-state index in [-0.39, 0.29) is 31.2 Å². The number of hydrogen-bond donors (Lipinski definition) is 0. The molecule has 0 spiro atoms. The minimum Gasteiger partial charge on any atom is -0.490 e. The Hall–Kier alpha value is -2.51. The molecular weight excluding hydrogens is 323 g/mol. The predicted octanol–water partition coefficient (Wildman–Crippen LogP) is 2.80. The summed E-state index contributed by atoms with van der Waals surface area (Å²) in [5.41, 5.74) is 0.267. The van der Waals surface area contributed by atoms with E-state index >= 15 is 0 Å². The molecule has 3 rings (SSSR count). The van der Waals surface area contributed by atoms with Crippen LogP contribution in [0.15, 0.2) is 30.5 Å². The smallest absolute Gasteiger partial charge is 0.416 e. The van der Waals surface area contributed by atoms with Crippen molar-refractivity contribution in [3.8, 4) is 5.75 Å². The summed E-state index contributed by atoms with van der Waals surface area (Å²) in [4.78, 5) is 13.9. The number of halogens is 3. The van der Waals surface area contributed by atoms with Crippen molar-refractivity contribution in [3.63, 3.8) is 0 Å². The summed E-state index contributed by atoms with van der Waals surface area (Å²) in [5.74, 6) is 0.0585. The van der Waals surface area contributed by atoms with Crippen LogP contribution in [0.3, 0.4) is 0 Å². The highest BCUT2D eigenvalue weighted by Gasteiger charge is 2.33. The first-order chi connectivity index (χ1) is 11.4. The zero-order valence-electron chi connectivity index (χ0n) is 13.0. The lowest BCUT2D eigenvalue weighted by atomic mass is 10.1. The van der Waals surface area contributed by atoms with E-state index in [2.05, 4.69) is 5.10 Å². The molecule has 0 aliphatic carbocycles. The maximum atomic E-state index is 12.9. The Morgan fingerprint density at radius 1 is 1.33 bits per heavy atom. The van der Waals surface area contributed by atoms with Crippen LogP contribution in [0.4, 0.5) is 18.9 Å². The number of rotatable bonds is 3. The van der Waals surface area contributed by atoms with Gasteiger partial charge in [0, 0.05) is 25.4 Å². The number of amides is 1. The molecule has 1 aromatic carbocycles. The summed E-state index contributed by atoms with van der Waals surface area (Å²) in [5, 5.41) is 4.03. The first-order valence-corrected chi connectivity index (χ1v) is 7.47. The van der Waals surface area contributed by atoms with Gasteiger partial charge in [0.25, 0.3) is 0 Å². The molecule has 0 radical (unpaired) electrons. The Bertz CT molecular complexity index is 755. The van der Waals surface area contributed by atoms with Crippen LogP contribution in [0.2, 0.25) is 0 Å². The van der Waals surface area contributed by atoms with Crippen LogP contribution in [0, 0.1) is 0 Å². The molecule has 8 heteroatoms. The SMILES string of the molecule is Cn1nccc1CCC(=O)N1CCOc2ccc(C(F)(F)F)cc21. The number of benzene rings is 1. The van der Waals surface area contributed by atoms with Gasteiger partial charge in [-0.2, -0.15) is 18.3 Å². The number of carbonyl (C=O) groups is 1. The number of carbonyl (C=O) groups excluding carboxylic acids is 1.